The highest BCUT2D eigenvalue weighted by Gasteiger charge is 2.25. The Morgan fingerprint density at radius 2 is 2.20 bits per heavy atom. The Morgan fingerprint density at radius 3 is 2.75 bits per heavy atom. The Hall–Kier alpha value is -2.12. The van der Waals surface area contributed by atoms with Crippen LogP contribution in [0.1, 0.15) is 38.3 Å². The van der Waals surface area contributed by atoms with E-state index in [4.69, 9.17) is 5.73 Å². The van der Waals surface area contributed by atoms with Gasteiger partial charge < -0.3 is 11.1 Å². The van der Waals surface area contributed by atoms with Gasteiger partial charge in [-0.15, -0.1) is 0 Å². The van der Waals surface area contributed by atoms with E-state index in [1.165, 1.54) is 4.68 Å². The molecule has 0 aliphatic carbocycles. The molecule has 0 spiro atoms. The molecule has 20 heavy (non-hydrogen) atoms. The second kappa shape index (κ2) is 7.46. The first kappa shape index (κ1) is 15.9. The quantitative estimate of drug-likeness (QED) is 0.403. The molecular formula is C12H21N5O3. The highest BCUT2D eigenvalue weighted by atomic mass is 16.6. The molecule has 0 saturated heterocycles. The van der Waals surface area contributed by atoms with E-state index < -0.39 is 4.92 Å². The summed E-state index contributed by atoms with van der Waals surface area (Å²) < 4.78 is 1.50. The van der Waals surface area contributed by atoms with Crippen molar-refractivity contribution in [3.05, 3.63) is 15.8 Å². The van der Waals surface area contributed by atoms with Crippen molar-refractivity contribution in [2.75, 3.05) is 11.9 Å². The molecule has 0 fully saturated rings. The number of rotatable bonds is 9. The van der Waals surface area contributed by atoms with Crippen LogP contribution in [0.2, 0.25) is 0 Å². The number of amides is 1. The first-order valence-electron chi connectivity index (χ1n) is 6.69. The van der Waals surface area contributed by atoms with Gasteiger partial charge >= 0.3 is 5.69 Å². The Balaban J connectivity index is 2.68. The number of anilines is 1. The van der Waals surface area contributed by atoms with Gasteiger partial charge in [-0.25, -0.2) is 4.68 Å². The normalized spacial score (nSPS) is 10.5. The summed E-state index contributed by atoms with van der Waals surface area (Å²) in [5, 5.41) is 18.4. The van der Waals surface area contributed by atoms with Crippen molar-refractivity contribution in [2.45, 2.75) is 39.0 Å². The average Bonchev–Trinajstić information content (AvgIpc) is 2.65. The molecule has 0 atom stereocenters. The van der Waals surface area contributed by atoms with Gasteiger partial charge in [0.1, 0.15) is 5.69 Å². The van der Waals surface area contributed by atoms with Gasteiger partial charge in [0, 0.05) is 20.0 Å². The smallest absolute Gasteiger partial charge is 0.333 e. The summed E-state index contributed by atoms with van der Waals surface area (Å²) in [4.78, 5) is 21.4. The first-order valence-corrected chi connectivity index (χ1v) is 6.69. The van der Waals surface area contributed by atoms with E-state index in [0.29, 0.717) is 43.7 Å². The number of carbonyl (C=O) groups is 1. The van der Waals surface area contributed by atoms with Crippen LogP contribution < -0.4 is 11.1 Å². The van der Waals surface area contributed by atoms with E-state index in [0.717, 1.165) is 6.42 Å². The highest BCUT2D eigenvalue weighted by Crippen LogP contribution is 2.28. The lowest BCUT2D eigenvalue weighted by atomic mass is 10.2. The Kier molecular flexibility index (Phi) is 5.95. The summed E-state index contributed by atoms with van der Waals surface area (Å²) in [6.45, 7) is 2.49. The van der Waals surface area contributed by atoms with Crippen LogP contribution in [0.5, 0.6) is 0 Å². The molecule has 0 aliphatic heterocycles. The Morgan fingerprint density at radius 1 is 1.50 bits per heavy atom. The van der Waals surface area contributed by atoms with Gasteiger partial charge in [0.15, 0.2) is 0 Å². The standard InChI is InChI=1S/C12H21N5O3/c1-3-6-9-11(17(19)20)12(16(2)15-9)14-8-5-4-7-10(13)18/h14H,3-8H2,1-2H3,(H2,13,18). The predicted octanol–water partition coefficient (Wildman–Crippen LogP) is 1.35. The molecule has 0 saturated carbocycles. The maximum atomic E-state index is 11.2. The highest BCUT2D eigenvalue weighted by molar-refractivity contribution is 5.73. The van der Waals surface area contributed by atoms with Gasteiger partial charge in [-0.3, -0.25) is 14.9 Å². The Labute approximate surface area is 117 Å². The second-order valence-electron chi connectivity index (χ2n) is 4.62. The van der Waals surface area contributed by atoms with E-state index >= 15 is 0 Å². The Bertz CT molecular complexity index is 484. The third kappa shape index (κ3) is 4.22. The van der Waals surface area contributed by atoms with Crippen molar-refractivity contribution < 1.29 is 9.72 Å². The summed E-state index contributed by atoms with van der Waals surface area (Å²) in [5.74, 6) is 0.0827. The number of nitrogens with zero attached hydrogens (tertiary/aromatic N) is 3. The van der Waals surface area contributed by atoms with Gasteiger partial charge in [-0.05, 0) is 19.3 Å². The summed E-state index contributed by atoms with van der Waals surface area (Å²) in [6.07, 6.45) is 3.09. The SMILES string of the molecule is CCCc1nn(C)c(NCCCCC(N)=O)c1[N+](=O)[O-]. The third-order valence-electron chi connectivity index (χ3n) is 2.90. The minimum Gasteiger partial charge on any atom is -0.370 e. The number of hydrogen-bond donors (Lipinski definition) is 2. The van der Waals surface area contributed by atoms with Crippen LogP contribution in [0.25, 0.3) is 0 Å². The lowest BCUT2D eigenvalue weighted by molar-refractivity contribution is -0.384. The molecule has 0 radical (unpaired) electrons. The zero-order chi connectivity index (χ0) is 15.1. The molecule has 0 aromatic carbocycles. The molecule has 0 unspecified atom stereocenters. The van der Waals surface area contributed by atoms with Crippen LogP contribution in [-0.2, 0) is 18.3 Å². The summed E-state index contributed by atoms with van der Waals surface area (Å²) in [7, 11) is 1.68. The third-order valence-corrected chi connectivity index (χ3v) is 2.90. The minimum absolute atomic E-state index is 0.0456. The number of primary amides is 1. The lowest BCUT2D eigenvalue weighted by Gasteiger charge is -2.05. The van der Waals surface area contributed by atoms with Gasteiger partial charge in [0.2, 0.25) is 11.7 Å². The van der Waals surface area contributed by atoms with E-state index in [1.807, 2.05) is 6.92 Å². The van der Waals surface area contributed by atoms with Crippen molar-refractivity contribution in [1.29, 1.82) is 0 Å². The molecule has 8 heteroatoms. The molecule has 1 heterocycles. The maximum Gasteiger partial charge on any atom is 0.333 e. The fraction of sp³-hybridized carbons (Fsp3) is 0.667. The van der Waals surface area contributed by atoms with Crippen LogP contribution >= 0.6 is 0 Å². The molecule has 1 amide bonds. The van der Waals surface area contributed by atoms with Crippen LogP contribution in [-0.4, -0.2) is 27.2 Å². The molecule has 0 bridgehead atoms. The molecule has 1 rings (SSSR count). The van der Waals surface area contributed by atoms with Crippen LogP contribution in [0.3, 0.4) is 0 Å². The molecule has 8 nitrogen and oxygen atoms in total. The average molecular weight is 283 g/mol. The topological polar surface area (TPSA) is 116 Å². The molecule has 1 aromatic heterocycles. The largest absolute Gasteiger partial charge is 0.370 e. The number of nitro groups is 1. The summed E-state index contributed by atoms with van der Waals surface area (Å²) in [6, 6.07) is 0. The number of carbonyl (C=O) groups excluding carboxylic acids is 1. The van der Waals surface area contributed by atoms with Crippen molar-refractivity contribution in [3.63, 3.8) is 0 Å². The van der Waals surface area contributed by atoms with Crippen molar-refractivity contribution in [3.8, 4) is 0 Å². The van der Waals surface area contributed by atoms with Crippen LogP contribution in [0.4, 0.5) is 11.5 Å². The first-order chi connectivity index (χ1) is 9.47. The second-order valence-corrected chi connectivity index (χ2v) is 4.62. The summed E-state index contributed by atoms with van der Waals surface area (Å²) >= 11 is 0. The van der Waals surface area contributed by atoms with Crippen LogP contribution in [0, 0.1) is 10.1 Å². The van der Waals surface area contributed by atoms with Gasteiger partial charge in [0.25, 0.3) is 0 Å². The van der Waals surface area contributed by atoms with E-state index in [9.17, 15) is 14.9 Å². The minimum atomic E-state index is -0.399. The number of nitrogens with two attached hydrogens (primary N) is 1. The number of hydrogen-bond acceptors (Lipinski definition) is 5. The monoisotopic (exact) mass is 283 g/mol. The fourth-order valence-corrected chi connectivity index (χ4v) is 1.99. The van der Waals surface area contributed by atoms with E-state index in [2.05, 4.69) is 10.4 Å². The molecule has 3 N–H and O–H groups in total. The van der Waals surface area contributed by atoms with Crippen molar-refractivity contribution >= 4 is 17.4 Å². The molecule has 0 aliphatic rings. The van der Waals surface area contributed by atoms with Crippen molar-refractivity contribution in [1.82, 2.24) is 9.78 Å². The fourth-order valence-electron chi connectivity index (χ4n) is 1.99. The van der Waals surface area contributed by atoms with E-state index in [1.54, 1.807) is 7.05 Å². The molecule has 112 valence electrons. The van der Waals surface area contributed by atoms with Gasteiger partial charge in [-0.2, -0.15) is 5.10 Å². The number of aromatic nitrogens is 2. The number of aryl methyl sites for hydroxylation is 2. The van der Waals surface area contributed by atoms with Crippen LogP contribution in [0.15, 0.2) is 0 Å². The molecular weight excluding hydrogens is 262 g/mol. The summed E-state index contributed by atoms with van der Waals surface area (Å²) in [5.41, 5.74) is 5.59. The maximum absolute atomic E-state index is 11.2. The number of unbranched alkanes of at least 4 members (excludes halogenated alkanes) is 1. The molecule has 1 aromatic rings. The number of nitrogens with one attached hydrogen (secondary N) is 1. The van der Waals surface area contributed by atoms with Gasteiger partial charge in [0.05, 0.1) is 4.92 Å². The zero-order valence-electron chi connectivity index (χ0n) is 11.9. The zero-order valence-corrected chi connectivity index (χ0v) is 11.9. The lowest BCUT2D eigenvalue weighted by Crippen LogP contribution is -2.12. The van der Waals surface area contributed by atoms with Crippen molar-refractivity contribution in [2.24, 2.45) is 12.8 Å². The van der Waals surface area contributed by atoms with E-state index in [-0.39, 0.29) is 11.6 Å². The van der Waals surface area contributed by atoms with Gasteiger partial charge in [-0.1, -0.05) is 13.3 Å². The predicted molar refractivity (Wildman–Crippen MR) is 75.4 cm³/mol.